The second-order valence-corrected chi connectivity index (χ2v) is 3.78. The van der Waals surface area contributed by atoms with Gasteiger partial charge >= 0.3 is 0 Å². The summed E-state index contributed by atoms with van der Waals surface area (Å²) in [6.07, 6.45) is 11.4. The van der Waals surface area contributed by atoms with Gasteiger partial charge in [0, 0.05) is 11.6 Å². The monoisotopic (exact) mass is 226 g/mol. The van der Waals surface area contributed by atoms with Crippen molar-refractivity contribution in [1.29, 1.82) is 5.26 Å². The molecule has 0 N–H and O–H groups in total. The molecule has 0 aromatic carbocycles. The molecule has 2 rings (SSSR count). The van der Waals surface area contributed by atoms with Gasteiger partial charge in [-0.15, -0.1) is 0 Å². The van der Waals surface area contributed by atoms with Gasteiger partial charge < -0.3 is 0 Å². The van der Waals surface area contributed by atoms with Crippen LogP contribution in [-0.2, 0) is 0 Å². The Balaban J connectivity index is 2.60. The highest BCUT2D eigenvalue weighted by atomic mass is 16.6. The fourth-order valence-corrected chi connectivity index (χ4v) is 1.92. The van der Waals surface area contributed by atoms with E-state index in [1.807, 2.05) is 30.4 Å². The Hall–Kier alpha value is -2.41. The minimum absolute atomic E-state index is 0.0245. The molecule has 4 heteroatoms. The lowest BCUT2D eigenvalue weighted by molar-refractivity contribution is -0.420. The van der Waals surface area contributed by atoms with Crippen molar-refractivity contribution in [3.8, 4) is 6.07 Å². The van der Waals surface area contributed by atoms with Crippen molar-refractivity contribution in [2.24, 2.45) is 0 Å². The van der Waals surface area contributed by atoms with E-state index in [4.69, 9.17) is 5.26 Å². The average molecular weight is 226 g/mol. The lowest BCUT2D eigenvalue weighted by Gasteiger charge is -2.06. The van der Waals surface area contributed by atoms with E-state index in [2.05, 4.69) is 0 Å². The number of hydrogen-bond acceptors (Lipinski definition) is 3. The highest BCUT2D eigenvalue weighted by Crippen LogP contribution is 2.30. The van der Waals surface area contributed by atoms with Crippen LogP contribution in [0.3, 0.4) is 0 Å². The van der Waals surface area contributed by atoms with Gasteiger partial charge in [-0.3, -0.25) is 10.1 Å². The normalized spacial score (nSPS) is 17.8. The molecule has 0 saturated heterocycles. The molecule has 0 radical (unpaired) electrons. The second-order valence-electron chi connectivity index (χ2n) is 3.78. The van der Waals surface area contributed by atoms with Crippen LogP contribution in [0.2, 0.25) is 0 Å². The molecule has 0 atom stereocenters. The largest absolute Gasteiger partial charge is 0.273 e. The van der Waals surface area contributed by atoms with Crippen LogP contribution in [0.25, 0.3) is 0 Å². The number of hydrogen-bond donors (Lipinski definition) is 0. The maximum absolute atomic E-state index is 11.0. The summed E-state index contributed by atoms with van der Waals surface area (Å²) in [4.78, 5) is 10.6. The highest BCUT2D eigenvalue weighted by molar-refractivity contribution is 5.50. The van der Waals surface area contributed by atoms with Gasteiger partial charge in [0.2, 0.25) is 0 Å². The molecule has 0 spiro atoms. The fourth-order valence-electron chi connectivity index (χ4n) is 1.92. The summed E-state index contributed by atoms with van der Waals surface area (Å²) < 4.78 is 0. The van der Waals surface area contributed by atoms with Crippen LogP contribution in [0, 0.1) is 21.4 Å². The summed E-state index contributed by atoms with van der Waals surface area (Å²) in [5.41, 5.74) is 2.40. The molecule has 0 amide bonds. The zero-order valence-corrected chi connectivity index (χ0v) is 9.09. The Kier molecular flexibility index (Phi) is 3.01. The highest BCUT2D eigenvalue weighted by Gasteiger charge is 2.22. The Bertz CT molecular complexity index is 554. The lowest BCUT2D eigenvalue weighted by atomic mass is 9.97. The molecule has 2 aliphatic carbocycles. The van der Waals surface area contributed by atoms with Crippen LogP contribution >= 0.6 is 0 Å². The molecule has 0 heterocycles. The number of nitro groups is 1. The standard InChI is InChI=1S/C13H10N2O2/c14-8-7-12-11-4-2-1-3-10(9-11)5-6-13(12)15(16)17/h1-6H,7,9H2. The Morgan fingerprint density at radius 2 is 2.12 bits per heavy atom. The maximum Gasteiger partial charge on any atom is 0.273 e. The zero-order valence-electron chi connectivity index (χ0n) is 9.09. The third-order valence-electron chi connectivity index (χ3n) is 2.72. The molecular weight excluding hydrogens is 216 g/mol. The van der Waals surface area contributed by atoms with Gasteiger partial charge in [0.1, 0.15) is 0 Å². The van der Waals surface area contributed by atoms with E-state index in [0.717, 1.165) is 11.1 Å². The van der Waals surface area contributed by atoms with Gasteiger partial charge in [-0.2, -0.15) is 5.26 Å². The third-order valence-corrected chi connectivity index (χ3v) is 2.72. The first-order chi connectivity index (χ1) is 8.22. The summed E-state index contributed by atoms with van der Waals surface area (Å²) in [5.74, 6) is 0. The van der Waals surface area contributed by atoms with Crippen LogP contribution in [0.4, 0.5) is 0 Å². The van der Waals surface area contributed by atoms with E-state index >= 15 is 0 Å². The minimum atomic E-state index is -0.425. The molecule has 17 heavy (non-hydrogen) atoms. The third kappa shape index (κ3) is 2.23. The first-order valence-corrected chi connectivity index (χ1v) is 5.21. The molecule has 0 aromatic heterocycles. The van der Waals surface area contributed by atoms with E-state index in [1.54, 1.807) is 6.08 Å². The molecule has 2 aliphatic rings. The molecule has 2 bridgehead atoms. The molecule has 0 saturated carbocycles. The molecular formula is C13H10N2O2. The average Bonchev–Trinajstić information content (AvgIpc) is 2.62. The van der Waals surface area contributed by atoms with Gasteiger partial charge in [-0.1, -0.05) is 30.4 Å². The molecule has 0 aromatic rings. The first kappa shape index (κ1) is 11.1. The number of rotatable bonds is 2. The summed E-state index contributed by atoms with van der Waals surface area (Å²) >= 11 is 0. The van der Waals surface area contributed by atoms with Crippen molar-refractivity contribution in [3.63, 3.8) is 0 Å². The summed E-state index contributed by atoms with van der Waals surface area (Å²) in [6.45, 7) is 0. The van der Waals surface area contributed by atoms with E-state index < -0.39 is 4.92 Å². The van der Waals surface area contributed by atoms with Crippen LogP contribution in [0.15, 0.2) is 58.9 Å². The molecule has 4 nitrogen and oxygen atoms in total. The Morgan fingerprint density at radius 3 is 2.82 bits per heavy atom. The van der Waals surface area contributed by atoms with Crippen LogP contribution < -0.4 is 0 Å². The summed E-state index contributed by atoms with van der Waals surface area (Å²) in [6, 6.07) is 1.99. The van der Waals surface area contributed by atoms with Crippen molar-refractivity contribution in [1.82, 2.24) is 0 Å². The lowest BCUT2D eigenvalue weighted by Crippen LogP contribution is -2.02. The van der Waals surface area contributed by atoms with Crippen LogP contribution in [-0.4, -0.2) is 4.92 Å². The number of fused-ring (bicyclic) bond motifs is 2. The fraction of sp³-hybridized carbons (Fsp3) is 0.154. The van der Waals surface area contributed by atoms with Crippen molar-refractivity contribution < 1.29 is 4.92 Å². The van der Waals surface area contributed by atoms with Crippen LogP contribution in [0.5, 0.6) is 0 Å². The van der Waals surface area contributed by atoms with Crippen molar-refractivity contribution in [2.45, 2.75) is 12.8 Å². The van der Waals surface area contributed by atoms with Crippen LogP contribution in [0.1, 0.15) is 12.8 Å². The SMILES string of the molecule is N#CCC1=C([N+](=O)[O-])C=CC2=CC=CC=C1C2. The van der Waals surface area contributed by atoms with Gasteiger partial charge in [0.05, 0.1) is 17.4 Å². The Morgan fingerprint density at radius 1 is 1.35 bits per heavy atom. The quantitative estimate of drug-likeness (QED) is 0.537. The predicted molar refractivity (Wildman–Crippen MR) is 63.3 cm³/mol. The number of nitrogens with zero attached hydrogens (tertiary/aromatic N) is 2. The topological polar surface area (TPSA) is 66.9 Å². The molecule has 0 aliphatic heterocycles. The maximum atomic E-state index is 11.0. The van der Waals surface area contributed by atoms with Gasteiger partial charge in [0.15, 0.2) is 0 Å². The first-order valence-electron chi connectivity index (χ1n) is 5.21. The molecule has 0 unspecified atom stereocenters. The van der Waals surface area contributed by atoms with E-state index in [9.17, 15) is 10.1 Å². The Labute approximate surface area is 98.7 Å². The van der Waals surface area contributed by atoms with E-state index in [1.165, 1.54) is 6.08 Å². The second kappa shape index (κ2) is 4.62. The van der Waals surface area contributed by atoms with Crippen molar-refractivity contribution in [3.05, 3.63) is 69.0 Å². The van der Waals surface area contributed by atoms with E-state index in [0.29, 0.717) is 12.0 Å². The number of allylic oxidation sites excluding steroid dienone is 9. The summed E-state index contributed by atoms with van der Waals surface area (Å²) in [7, 11) is 0. The van der Waals surface area contributed by atoms with E-state index in [-0.39, 0.29) is 12.1 Å². The van der Waals surface area contributed by atoms with Crippen molar-refractivity contribution >= 4 is 0 Å². The minimum Gasteiger partial charge on any atom is -0.258 e. The molecule has 0 fully saturated rings. The van der Waals surface area contributed by atoms with Crippen molar-refractivity contribution in [2.75, 3.05) is 0 Å². The smallest absolute Gasteiger partial charge is 0.258 e. The number of nitriles is 1. The van der Waals surface area contributed by atoms with Gasteiger partial charge in [-0.05, 0) is 17.6 Å². The zero-order chi connectivity index (χ0) is 12.3. The predicted octanol–water partition coefficient (Wildman–Crippen LogP) is 2.81. The summed E-state index contributed by atoms with van der Waals surface area (Å²) in [5, 5.41) is 19.8. The van der Waals surface area contributed by atoms with Gasteiger partial charge in [0.25, 0.3) is 5.70 Å². The van der Waals surface area contributed by atoms with Gasteiger partial charge in [-0.25, -0.2) is 0 Å². The molecule has 84 valence electrons.